The normalized spacial score (nSPS) is 9.06. The predicted molar refractivity (Wildman–Crippen MR) is 67.6 cm³/mol. The minimum absolute atomic E-state index is 0.0408. The topological polar surface area (TPSA) is 64.3 Å². The van der Waals surface area contributed by atoms with Gasteiger partial charge >= 0.3 is 0 Å². The van der Waals surface area contributed by atoms with Crippen LogP contribution in [0.25, 0.3) is 0 Å². The van der Waals surface area contributed by atoms with Crippen molar-refractivity contribution in [3.05, 3.63) is 23.8 Å². The minimum atomic E-state index is -0.0408. The maximum Gasteiger partial charge on any atom is 0.216 e. The van der Waals surface area contributed by atoms with E-state index in [1.54, 1.807) is 19.2 Å². The summed E-state index contributed by atoms with van der Waals surface area (Å²) >= 11 is 0. The van der Waals surface area contributed by atoms with Gasteiger partial charge in [-0.3, -0.25) is 4.79 Å². The number of rotatable bonds is 3. The van der Waals surface area contributed by atoms with Gasteiger partial charge in [0.15, 0.2) is 0 Å². The molecule has 1 aromatic carbocycles. The first-order valence-corrected chi connectivity index (χ1v) is 5.30. The minimum Gasteiger partial charge on any atom is -0.495 e. The van der Waals surface area contributed by atoms with E-state index in [4.69, 9.17) is 10.5 Å². The van der Waals surface area contributed by atoms with Crippen LogP contribution in [-0.4, -0.2) is 19.6 Å². The summed E-state index contributed by atoms with van der Waals surface area (Å²) < 4.78 is 5.09. The Kier molecular flexibility index (Phi) is 4.89. The Morgan fingerprint density at radius 1 is 1.53 bits per heavy atom. The van der Waals surface area contributed by atoms with Crippen molar-refractivity contribution in [3.8, 4) is 17.6 Å². The zero-order valence-corrected chi connectivity index (χ0v) is 10.0. The molecule has 1 rings (SSSR count). The molecule has 1 amide bonds. The average Bonchev–Trinajstić information content (AvgIpc) is 2.30. The maximum absolute atomic E-state index is 10.6. The van der Waals surface area contributed by atoms with Gasteiger partial charge in [-0.1, -0.05) is 11.8 Å². The van der Waals surface area contributed by atoms with Crippen molar-refractivity contribution in [2.24, 2.45) is 0 Å². The standard InChI is InChI=1S/C13H16N2O2/c1-10(16)15-8-4-3-5-11-6-7-12(14)13(9-11)17-2/h6-7,9H,4,8,14H2,1-2H3,(H,15,16). The molecule has 0 saturated carbocycles. The second kappa shape index (κ2) is 6.44. The van der Waals surface area contributed by atoms with Crippen molar-refractivity contribution in [1.82, 2.24) is 5.32 Å². The van der Waals surface area contributed by atoms with Gasteiger partial charge in [-0.05, 0) is 18.2 Å². The molecule has 0 spiro atoms. The molecule has 0 radical (unpaired) electrons. The first-order chi connectivity index (χ1) is 8.13. The lowest BCUT2D eigenvalue weighted by Crippen LogP contribution is -2.20. The Balaban J connectivity index is 2.57. The van der Waals surface area contributed by atoms with Crippen molar-refractivity contribution in [2.45, 2.75) is 13.3 Å². The second-order valence-corrected chi connectivity index (χ2v) is 3.49. The van der Waals surface area contributed by atoms with E-state index in [9.17, 15) is 4.79 Å². The second-order valence-electron chi connectivity index (χ2n) is 3.49. The van der Waals surface area contributed by atoms with E-state index >= 15 is 0 Å². The maximum atomic E-state index is 10.6. The number of carbonyl (C=O) groups is 1. The summed E-state index contributed by atoms with van der Waals surface area (Å²) in [5.41, 5.74) is 7.13. The zero-order valence-electron chi connectivity index (χ0n) is 10.0. The molecule has 0 aliphatic rings. The summed E-state index contributed by atoms with van der Waals surface area (Å²) in [6, 6.07) is 5.39. The quantitative estimate of drug-likeness (QED) is 0.467. The lowest BCUT2D eigenvalue weighted by atomic mass is 10.2. The van der Waals surface area contributed by atoms with Crippen LogP contribution in [0.5, 0.6) is 5.75 Å². The van der Waals surface area contributed by atoms with Crippen LogP contribution in [0.3, 0.4) is 0 Å². The third-order valence-corrected chi connectivity index (χ3v) is 2.09. The fourth-order valence-electron chi connectivity index (χ4n) is 1.25. The molecule has 0 unspecified atom stereocenters. The lowest BCUT2D eigenvalue weighted by Gasteiger charge is -2.03. The van der Waals surface area contributed by atoms with Crippen molar-refractivity contribution in [1.29, 1.82) is 0 Å². The lowest BCUT2D eigenvalue weighted by molar-refractivity contribution is -0.118. The van der Waals surface area contributed by atoms with E-state index in [1.165, 1.54) is 6.92 Å². The summed E-state index contributed by atoms with van der Waals surface area (Å²) in [6.45, 7) is 2.05. The van der Waals surface area contributed by atoms with Crippen LogP contribution in [-0.2, 0) is 4.79 Å². The summed E-state index contributed by atoms with van der Waals surface area (Å²) in [5, 5.41) is 2.68. The molecule has 0 bridgehead atoms. The molecule has 0 aliphatic heterocycles. The number of methoxy groups -OCH3 is 1. The van der Waals surface area contributed by atoms with Crippen LogP contribution in [0.4, 0.5) is 5.69 Å². The Morgan fingerprint density at radius 2 is 2.29 bits per heavy atom. The van der Waals surface area contributed by atoms with E-state index in [0.717, 1.165) is 5.56 Å². The SMILES string of the molecule is COc1cc(C#CCCNC(C)=O)ccc1N. The van der Waals surface area contributed by atoms with Crippen LogP contribution < -0.4 is 15.8 Å². The molecule has 0 atom stereocenters. The van der Waals surface area contributed by atoms with Gasteiger partial charge in [0.1, 0.15) is 5.75 Å². The molecule has 0 heterocycles. The molecule has 4 nitrogen and oxygen atoms in total. The van der Waals surface area contributed by atoms with Crippen LogP contribution >= 0.6 is 0 Å². The van der Waals surface area contributed by atoms with Crippen LogP contribution in [0.15, 0.2) is 18.2 Å². The number of carbonyl (C=O) groups excluding carboxylic acids is 1. The number of nitrogens with two attached hydrogens (primary N) is 1. The van der Waals surface area contributed by atoms with Crippen molar-refractivity contribution >= 4 is 11.6 Å². The third-order valence-electron chi connectivity index (χ3n) is 2.09. The number of hydrogen-bond acceptors (Lipinski definition) is 3. The highest BCUT2D eigenvalue weighted by atomic mass is 16.5. The summed E-state index contributed by atoms with van der Waals surface area (Å²) in [6.07, 6.45) is 0.617. The predicted octanol–water partition coefficient (Wildman–Crippen LogP) is 1.16. The van der Waals surface area contributed by atoms with Gasteiger partial charge in [-0.15, -0.1) is 0 Å². The Hall–Kier alpha value is -2.15. The van der Waals surface area contributed by atoms with Crippen molar-refractivity contribution in [3.63, 3.8) is 0 Å². The largest absolute Gasteiger partial charge is 0.495 e. The van der Waals surface area contributed by atoms with E-state index in [1.807, 2.05) is 6.07 Å². The van der Waals surface area contributed by atoms with Crippen molar-refractivity contribution in [2.75, 3.05) is 19.4 Å². The molecule has 0 fully saturated rings. The summed E-state index contributed by atoms with van der Waals surface area (Å²) in [4.78, 5) is 10.6. The Bertz CT molecular complexity index is 458. The number of hydrogen-bond donors (Lipinski definition) is 2. The number of nitrogen functional groups attached to an aromatic ring is 1. The Morgan fingerprint density at radius 3 is 2.94 bits per heavy atom. The smallest absolute Gasteiger partial charge is 0.216 e. The molecular weight excluding hydrogens is 216 g/mol. The average molecular weight is 232 g/mol. The van der Waals surface area contributed by atoms with E-state index in [2.05, 4.69) is 17.2 Å². The number of anilines is 1. The highest BCUT2D eigenvalue weighted by Crippen LogP contribution is 2.21. The highest BCUT2D eigenvalue weighted by Gasteiger charge is 1.98. The molecule has 0 aliphatic carbocycles. The fraction of sp³-hybridized carbons (Fsp3) is 0.308. The molecule has 17 heavy (non-hydrogen) atoms. The summed E-state index contributed by atoms with van der Waals surface area (Å²) in [5.74, 6) is 6.53. The monoisotopic (exact) mass is 232 g/mol. The third kappa shape index (κ3) is 4.47. The number of nitrogens with one attached hydrogen (secondary N) is 1. The van der Waals surface area contributed by atoms with E-state index in [-0.39, 0.29) is 5.91 Å². The van der Waals surface area contributed by atoms with Gasteiger partial charge in [0.05, 0.1) is 12.8 Å². The molecule has 90 valence electrons. The summed E-state index contributed by atoms with van der Waals surface area (Å²) in [7, 11) is 1.57. The fourth-order valence-corrected chi connectivity index (χ4v) is 1.25. The van der Waals surface area contributed by atoms with Gasteiger partial charge < -0.3 is 15.8 Å². The highest BCUT2D eigenvalue weighted by molar-refractivity contribution is 5.72. The van der Waals surface area contributed by atoms with Crippen molar-refractivity contribution < 1.29 is 9.53 Å². The molecule has 3 N–H and O–H groups in total. The first kappa shape index (κ1) is 12.9. The van der Waals surface area contributed by atoms with E-state index < -0.39 is 0 Å². The van der Waals surface area contributed by atoms with Gasteiger partial charge in [0.25, 0.3) is 0 Å². The van der Waals surface area contributed by atoms with Gasteiger partial charge in [0.2, 0.25) is 5.91 Å². The van der Waals surface area contributed by atoms with Gasteiger partial charge in [-0.25, -0.2) is 0 Å². The van der Waals surface area contributed by atoms with Gasteiger partial charge in [-0.2, -0.15) is 0 Å². The molecule has 0 saturated heterocycles. The Labute approximate surface area is 101 Å². The van der Waals surface area contributed by atoms with Crippen LogP contribution in [0.1, 0.15) is 18.9 Å². The molecule has 1 aromatic rings. The van der Waals surface area contributed by atoms with Crippen LogP contribution in [0.2, 0.25) is 0 Å². The number of ether oxygens (including phenoxy) is 1. The zero-order chi connectivity index (χ0) is 12.7. The van der Waals surface area contributed by atoms with Gasteiger partial charge in [0, 0.05) is 25.5 Å². The number of benzene rings is 1. The molecule has 0 aromatic heterocycles. The first-order valence-electron chi connectivity index (χ1n) is 5.30. The van der Waals surface area contributed by atoms with Crippen LogP contribution in [0, 0.1) is 11.8 Å². The number of amides is 1. The van der Waals surface area contributed by atoms with E-state index in [0.29, 0.717) is 24.4 Å². The molecular formula is C13H16N2O2. The molecule has 4 heteroatoms.